The van der Waals surface area contributed by atoms with Crippen molar-refractivity contribution in [1.82, 2.24) is 0 Å². The van der Waals surface area contributed by atoms with E-state index >= 15 is 0 Å². The molecule has 0 spiro atoms. The Morgan fingerprint density at radius 2 is 1.11 bits per heavy atom. The van der Waals surface area contributed by atoms with E-state index < -0.39 is 25.0 Å². The van der Waals surface area contributed by atoms with Gasteiger partial charge in [-0.1, -0.05) is 76.2 Å². The Balaban J connectivity index is 2.02. The summed E-state index contributed by atoms with van der Waals surface area (Å²) in [4.78, 5) is 0. The number of rotatable bonds is 9. The summed E-state index contributed by atoms with van der Waals surface area (Å²) in [5.41, 5.74) is 0.436. The molecule has 3 saturated carbocycles. The Morgan fingerprint density at radius 1 is 0.644 bits per heavy atom. The first kappa shape index (κ1) is 39.5. The lowest BCUT2D eigenvalue weighted by atomic mass is 9.49. The zero-order chi connectivity index (χ0) is 34.7. The quantitative estimate of drug-likeness (QED) is 0.180. The van der Waals surface area contributed by atoms with Crippen molar-refractivity contribution in [2.24, 2.45) is 40.4 Å². The van der Waals surface area contributed by atoms with Crippen LogP contribution in [0.3, 0.4) is 0 Å². The summed E-state index contributed by atoms with van der Waals surface area (Å²) < 4.78 is 21.5. The number of hydrogen-bond donors (Lipinski definition) is 0. The molecule has 0 radical (unpaired) electrons. The normalized spacial score (nSPS) is 35.6. The van der Waals surface area contributed by atoms with Gasteiger partial charge < -0.3 is 13.3 Å². The van der Waals surface area contributed by atoms with Gasteiger partial charge in [-0.15, -0.1) is 12.3 Å². The highest BCUT2D eigenvalue weighted by molar-refractivity contribution is 6.74. The number of hydrogen-bond acceptors (Lipinski definition) is 3. The lowest BCUT2D eigenvalue weighted by molar-refractivity contribution is -0.108. The average Bonchev–Trinajstić information content (AvgIpc) is 3.21. The van der Waals surface area contributed by atoms with E-state index in [9.17, 15) is 0 Å². The molecule has 3 aliphatic rings. The van der Waals surface area contributed by atoms with E-state index in [0.717, 1.165) is 19.6 Å². The first-order valence-corrected chi connectivity index (χ1v) is 27.3. The van der Waals surface area contributed by atoms with Crippen LogP contribution in [-0.2, 0) is 13.3 Å². The summed E-state index contributed by atoms with van der Waals surface area (Å²) in [5, 5.41) is 0.631. The predicted molar refractivity (Wildman–Crippen MR) is 203 cm³/mol. The molecule has 0 aromatic rings. The van der Waals surface area contributed by atoms with Gasteiger partial charge in [0.05, 0.1) is 0 Å². The summed E-state index contributed by atoms with van der Waals surface area (Å²) in [6.07, 6.45) is 15.0. The third-order valence-electron chi connectivity index (χ3n) is 15.1. The SMILES string of the molecule is C#CC1CCC2[C@H](CO[Si](C)(C)C(C)(C)C)C([C@@]3(C)CC[C@H](O[Si](C)(C)C(C)(C)C)C[C@@H]3CO[Si](C)(C)C(C)(C)C)CC[C@]12C. The van der Waals surface area contributed by atoms with E-state index in [-0.39, 0.29) is 25.9 Å². The number of fused-ring (bicyclic) bond motifs is 1. The van der Waals surface area contributed by atoms with Crippen LogP contribution in [0.4, 0.5) is 0 Å². The second-order valence-corrected chi connectivity index (χ2v) is 35.2. The topological polar surface area (TPSA) is 27.7 Å². The largest absolute Gasteiger partial charge is 0.417 e. The van der Waals surface area contributed by atoms with E-state index in [1.165, 1.54) is 38.5 Å². The highest BCUT2D eigenvalue weighted by atomic mass is 28.4. The van der Waals surface area contributed by atoms with E-state index in [0.29, 0.717) is 35.7 Å². The molecule has 0 N–H and O–H groups in total. The van der Waals surface area contributed by atoms with Gasteiger partial charge in [0, 0.05) is 25.2 Å². The summed E-state index contributed by atoms with van der Waals surface area (Å²) >= 11 is 0. The molecule has 0 bridgehead atoms. The van der Waals surface area contributed by atoms with E-state index in [1.54, 1.807) is 0 Å². The molecular weight excluding hydrogens is 601 g/mol. The van der Waals surface area contributed by atoms with E-state index in [1.807, 2.05) is 0 Å². The van der Waals surface area contributed by atoms with Gasteiger partial charge in [-0.25, -0.2) is 0 Å². The van der Waals surface area contributed by atoms with Crippen LogP contribution in [0.5, 0.6) is 0 Å². The van der Waals surface area contributed by atoms with Crippen LogP contribution in [0, 0.1) is 52.8 Å². The summed E-state index contributed by atoms with van der Waals surface area (Å²) in [5.74, 6) is 5.97. The van der Waals surface area contributed by atoms with Crippen LogP contribution in [0.25, 0.3) is 0 Å². The van der Waals surface area contributed by atoms with Crippen LogP contribution in [0.2, 0.25) is 54.4 Å². The lowest BCUT2D eigenvalue weighted by Crippen LogP contribution is -2.55. The van der Waals surface area contributed by atoms with E-state index in [4.69, 9.17) is 19.7 Å². The van der Waals surface area contributed by atoms with Crippen molar-refractivity contribution in [2.75, 3.05) is 13.2 Å². The fourth-order valence-corrected chi connectivity index (χ4v) is 12.0. The maximum absolute atomic E-state index is 7.18. The van der Waals surface area contributed by atoms with Gasteiger partial charge in [0.15, 0.2) is 25.0 Å². The molecule has 0 heterocycles. The molecule has 0 aromatic heterocycles. The molecule has 3 fully saturated rings. The van der Waals surface area contributed by atoms with Crippen molar-refractivity contribution in [2.45, 2.75) is 182 Å². The smallest absolute Gasteiger partial charge is 0.192 e. The second kappa shape index (κ2) is 13.1. The zero-order valence-electron chi connectivity index (χ0n) is 33.1. The highest BCUT2D eigenvalue weighted by Crippen LogP contribution is 2.64. The summed E-state index contributed by atoms with van der Waals surface area (Å²) in [7, 11) is -5.66. The molecule has 8 atom stereocenters. The minimum atomic E-state index is -1.90. The fraction of sp³-hybridized carbons (Fsp3) is 0.949. The van der Waals surface area contributed by atoms with Crippen LogP contribution < -0.4 is 0 Å². The Kier molecular flexibility index (Phi) is 11.5. The third kappa shape index (κ3) is 7.96. The van der Waals surface area contributed by atoms with Crippen molar-refractivity contribution in [3.8, 4) is 12.3 Å². The van der Waals surface area contributed by atoms with Crippen molar-refractivity contribution in [3.63, 3.8) is 0 Å². The standard InChI is InChI=1S/C39H76O3Si3/c1-19-29-20-21-33-32(28-41-44(15,16)36(5,6)7)34(23-25-38(29,33)11)39(12)24-22-31(42-45(17,18)37(8,9)10)26-30(39)27-40-43(13,14)35(2,3)4/h1,29-34H,20-28H2,2-18H3/t29?,30-,31+,32+,33?,34?,38-,39+/m1/s1. The average molecular weight is 677 g/mol. The first-order valence-electron chi connectivity index (χ1n) is 18.5. The molecular formula is C39H76O3Si3. The molecule has 3 rings (SSSR count). The molecule has 6 heteroatoms. The van der Waals surface area contributed by atoms with Gasteiger partial charge >= 0.3 is 0 Å². The third-order valence-corrected chi connectivity index (χ3v) is 28.7. The van der Waals surface area contributed by atoms with Crippen molar-refractivity contribution >= 4 is 25.0 Å². The van der Waals surface area contributed by atoms with Crippen molar-refractivity contribution in [3.05, 3.63) is 0 Å². The Hall–Kier alpha value is 0.0906. The van der Waals surface area contributed by atoms with Crippen LogP contribution in [-0.4, -0.2) is 44.3 Å². The van der Waals surface area contributed by atoms with Crippen LogP contribution in [0.15, 0.2) is 0 Å². The van der Waals surface area contributed by atoms with Gasteiger partial charge in [0.1, 0.15) is 0 Å². The minimum Gasteiger partial charge on any atom is -0.417 e. The van der Waals surface area contributed by atoms with Crippen LogP contribution in [0.1, 0.15) is 121 Å². The molecule has 262 valence electrons. The second-order valence-electron chi connectivity index (χ2n) is 20.8. The molecule has 0 saturated heterocycles. The van der Waals surface area contributed by atoms with Crippen molar-refractivity contribution < 1.29 is 13.3 Å². The molecule has 3 nitrogen and oxygen atoms in total. The number of terminal acetylenes is 1. The van der Waals surface area contributed by atoms with E-state index in [2.05, 4.69) is 121 Å². The molecule has 0 aliphatic heterocycles. The summed E-state index contributed by atoms with van der Waals surface area (Å²) in [6.45, 7) is 42.9. The lowest BCUT2D eigenvalue weighted by Gasteiger charge is -2.58. The van der Waals surface area contributed by atoms with Gasteiger partial charge in [-0.3, -0.25) is 0 Å². The minimum absolute atomic E-state index is 0.201. The van der Waals surface area contributed by atoms with Gasteiger partial charge in [0.2, 0.25) is 0 Å². The Bertz CT molecular complexity index is 1060. The zero-order valence-corrected chi connectivity index (χ0v) is 36.1. The maximum Gasteiger partial charge on any atom is 0.192 e. The maximum atomic E-state index is 7.18. The van der Waals surface area contributed by atoms with Gasteiger partial charge in [0.25, 0.3) is 0 Å². The van der Waals surface area contributed by atoms with Gasteiger partial charge in [-0.05, 0) is 134 Å². The van der Waals surface area contributed by atoms with Crippen LogP contribution >= 0.6 is 0 Å². The molecule has 0 aromatic carbocycles. The first-order chi connectivity index (χ1) is 20.1. The Labute approximate surface area is 284 Å². The monoisotopic (exact) mass is 677 g/mol. The molecule has 0 amide bonds. The predicted octanol–water partition coefficient (Wildman–Crippen LogP) is 11.9. The Morgan fingerprint density at radius 3 is 1.60 bits per heavy atom. The summed E-state index contributed by atoms with van der Waals surface area (Å²) in [6, 6.07) is 0. The van der Waals surface area contributed by atoms with Crippen molar-refractivity contribution in [1.29, 1.82) is 0 Å². The highest BCUT2D eigenvalue weighted by Gasteiger charge is 2.59. The molecule has 45 heavy (non-hydrogen) atoms. The molecule has 3 aliphatic carbocycles. The van der Waals surface area contributed by atoms with Gasteiger partial charge in [-0.2, -0.15) is 0 Å². The molecule has 3 unspecified atom stereocenters. The fourth-order valence-electron chi connectivity index (χ4n) is 8.49.